The van der Waals surface area contributed by atoms with Gasteiger partial charge in [-0.15, -0.1) is 0 Å². The molecule has 0 aliphatic carbocycles. The second-order valence-corrected chi connectivity index (χ2v) is 5.24. The van der Waals surface area contributed by atoms with Gasteiger partial charge < -0.3 is 9.84 Å². The first kappa shape index (κ1) is 18.4. The summed E-state index contributed by atoms with van der Waals surface area (Å²) in [4.78, 5) is 24.8. The Kier molecular flexibility index (Phi) is 6.05. The molecule has 2 rings (SSSR count). The number of ether oxygens (including phenoxy) is 1. The number of carboxylic acid groups (broad SMARTS) is 1. The van der Waals surface area contributed by atoms with Gasteiger partial charge in [-0.3, -0.25) is 4.90 Å². The molecule has 0 saturated heterocycles. The SMILES string of the molecule is CCN(C(=O)OCc1ccccc1)C(C(=O)O)c1ccc(F)c(F)c1. The first-order valence-electron chi connectivity index (χ1n) is 7.59. The fraction of sp³-hybridized carbons (Fsp3) is 0.222. The van der Waals surface area contributed by atoms with Gasteiger partial charge in [-0.05, 0) is 30.2 Å². The molecule has 1 atom stereocenters. The van der Waals surface area contributed by atoms with Crippen LogP contribution in [0.25, 0.3) is 0 Å². The van der Waals surface area contributed by atoms with Crippen LogP contribution in [0.3, 0.4) is 0 Å². The number of halogens is 2. The van der Waals surface area contributed by atoms with E-state index in [2.05, 4.69) is 0 Å². The summed E-state index contributed by atoms with van der Waals surface area (Å²) < 4.78 is 31.7. The van der Waals surface area contributed by atoms with Gasteiger partial charge in [0.2, 0.25) is 0 Å². The van der Waals surface area contributed by atoms with E-state index >= 15 is 0 Å². The molecular weight excluding hydrogens is 332 g/mol. The number of hydrogen-bond acceptors (Lipinski definition) is 3. The van der Waals surface area contributed by atoms with Gasteiger partial charge in [-0.1, -0.05) is 36.4 Å². The molecule has 2 aromatic carbocycles. The number of benzene rings is 2. The number of likely N-dealkylation sites (N-methyl/N-ethyl adjacent to an activating group) is 1. The van der Waals surface area contributed by atoms with Gasteiger partial charge in [0, 0.05) is 6.54 Å². The van der Waals surface area contributed by atoms with Gasteiger partial charge in [0.25, 0.3) is 0 Å². The minimum atomic E-state index is -1.48. The fourth-order valence-electron chi connectivity index (χ4n) is 2.36. The zero-order valence-corrected chi connectivity index (χ0v) is 13.5. The van der Waals surface area contributed by atoms with Gasteiger partial charge in [-0.2, -0.15) is 0 Å². The standard InChI is InChI=1S/C18H17F2NO4/c1-2-21(18(24)25-11-12-6-4-3-5-7-12)16(17(22)23)13-8-9-14(19)15(20)10-13/h3-10,16H,2,11H2,1H3,(H,22,23). The fourth-order valence-corrected chi connectivity index (χ4v) is 2.36. The van der Waals surface area contributed by atoms with E-state index in [-0.39, 0.29) is 18.7 Å². The average Bonchev–Trinajstić information content (AvgIpc) is 2.60. The van der Waals surface area contributed by atoms with Crippen molar-refractivity contribution in [2.24, 2.45) is 0 Å². The molecule has 0 aromatic heterocycles. The summed E-state index contributed by atoms with van der Waals surface area (Å²) in [5, 5.41) is 9.46. The van der Waals surface area contributed by atoms with E-state index in [9.17, 15) is 23.5 Å². The summed E-state index contributed by atoms with van der Waals surface area (Å²) in [6, 6.07) is 10.1. The summed E-state index contributed by atoms with van der Waals surface area (Å²) >= 11 is 0. The van der Waals surface area contributed by atoms with E-state index in [0.717, 1.165) is 28.7 Å². The first-order chi connectivity index (χ1) is 11.9. The summed E-state index contributed by atoms with van der Waals surface area (Å²) in [6.07, 6.45) is -0.858. The number of carbonyl (C=O) groups excluding carboxylic acids is 1. The van der Waals surface area contributed by atoms with Gasteiger partial charge in [-0.25, -0.2) is 18.4 Å². The Labute approximate surface area is 143 Å². The highest BCUT2D eigenvalue weighted by molar-refractivity contribution is 5.81. The van der Waals surface area contributed by atoms with Gasteiger partial charge in [0.05, 0.1) is 0 Å². The number of aliphatic carboxylic acids is 1. The monoisotopic (exact) mass is 349 g/mol. The molecule has 0 fully saturated rings. The smallest absolute Gasteiger partial charge is 0.411 e. The van der Waals surface area contributed by atoms with Crippen LogP contribution < -0.4 is 0 Å². The molecule has 0 aliphatic heterocycles. The van der Waals surface area contributed by atoms with E-state index in [1.807, 2.05) is 6.07 Å². The Morgan fingerprint density at radius 2 is 1.80 bits per heavy atom. The number of hydrogen-bond donors (Lipinski definition) is 1. The molecule has 1 amide bonds. The number of carbonyl (C=O) groups is 2. The maximum atomic E-state index is 13.4. The van der Waals surface area contributed by atoms with Crippen molar-refractivity contribution in [2.75, 3.05) is 6.54 Å². The first-order valence-corrected chi connectivity index (χ1v) is 7.59. The maximum absolute atomic E-state index is 13.4. The molecule has 0 spiro atoms. The van der Waals surface area contributed by atoms with Crippen molar-refractivity contribution in [1.82, 2.24) is 4.90 Å². The van der Waals surface area contributed by atoms with E-state index in [0.29, 0.717) is 0 Å². The minimum Gasteiger partial charge on any atom is -0.479 e. The Morgan fingerprint density at radius 1 is 1.12 bits per heavy atom. The van der Waals surface area contributed by atoms with E-state index in [1.165, 1.54) is 0 Å². The lowest BCUT2D eigenvalue weighted by molar-refractivity contribution is -0.143. The number of rotatable bonds is 6. The summed E-state index contributed by atoms with van der Waals surface area (Å²) in [6.45, 7) is 1.56. The van der Waals surface area contributed by atoms with Crippen molar-refractivity contribution in [1.29, 1.82) is 0 Å². The number of carboxylic acids is 1. The third kappa shape index (κ3) is 4.53. The van der Waals surface area contributed by atoms with Crippen molar-refractivity contribution in [3.05, 3.63) is 71.3 Å². The largest absolute Gasteiger partial charge is 0.479 e. The molecule has 0 bridgehead atoms. The van der Waals surface area contributed by atoms with Crippen molar-refractivity contribution in [3.63, 3.8) is 0 Å². The van der Waals surface area contributed by atoms with Crippen LogP contribution in [-0.2, 0) is 16.1 Å². The summed E-state index contributed by atoms with van der Waals surface area (Å²) in [5.74, 6) is -3.65. The van der Waals surface area contributed by atoms with E-state index in [1.54, 1.807) is 31.2 Å². The van der Waals surface area contributed by atoms with Crippen LogP contribution in [0.5, 0.6) is 0 Å². The maximum Gasteiger partial charge on any atom is 0.411 e. The predicted octanol–water partition coefficient (Wildman–Crippen LogP) is 3.75. The van der Waals surface area contributed by atoms with Crippen LogP contribution in [-0.4, -0.2) is 28.6 Å². The zero-order chi connectivity index (χ0) is 18.4. The van der Waals surface area contributed by atoms with Gasteiger partial charge in [0.15, 0.2) is 17.7 Å². The van der Waals surface area contributed by atoms with Crippen LogP contribution in [0.1, 0.15) is 24.1 Å². The molecule has 132 valence electrons. The average molecular weight is 349 g/mol. The van der Waals surface area contributed by atoms with Crippen LogP contribution in [0.2, 0.25) is 0 Å². The molecule has 1 N–H and O–H groups in total. The van der Waals surface area contributed by atoms with E-state index in [4.69, 9.17) is 4.74 Å². The third-order valence-corrected chi connectivity index (χ3v) is 3.59. The molecular formula is C18H17F2NO4. The Morgan fingerprint density at radius 3 is 2.36 bits per heavy atom. The normalized spacial score (nSPS) is 11.6. The van der Waals surface area contributed by atoms with Crippen LogP contribution in [0, 0.1) is 11.6 Å². The van der Waals surface area contributed by atoms with E-state index < -0.39 is 29.7 Å². The molecule has 0 saturated carbocycles. The molecule has 0 aliphatic rings. The highest BCUT2D eigenvalue weighted by Crippen LogP contribution is 2.24. The Bertz CT molecular complexity index is 752. The Hall–Kier alpha value is -2.96. The highest BCUT2D eigenvalue weighted by Gasteiger charge is 2.32. The lowest BCUT2D eigenvalue weighted by atomic mass is 10.1. The number of nitrogens with zero attached hydrogens (tertiary/aromatic N) is 1. The van der Waals surface area contributed by atoms with Crippen LogP contribution >= 0.6 is 0 Å². The molecule has 2 aromatic rings. The molecule has 7 heteroatoms. The second-order valence-electron chi connectivity index (χ2n) is 5.24. The van der Waals surface area contributed by atoms with Crippen LogP contribution in [0.4, 0.5) is 13.6 Å². The minimum absolute atomic E-state index is 0.0174. The molecule has 0 heterocycles. The van der Waals surface area contributed by atoms with Crippen molar-refractivity contribution < 1.29 is 28.2 Å². The quantitative estimate of drug-likeness (QED) is 0.862. The summed E-state index contributed by atoms with van der Waals surface area (Å²) in [5.41, 5.74) is 0.691. The topological polar surface area (TPSA) is 66.8 Å². The number of amides is 1. The van der Waals surface area contributed by atoms with Gasteiger partial charge >= 0.3 is 12.1 Å². The highest BCUT2D eigenvalue weighted by atomic mass is 19.2. The molecule has 0 radical (unpaired) electrons. The van der Waals surface area contributed by atoms with Gasteiger partial charge in [0.1, 0.15) is 6.61 Å². The predicted molar refractivity (Wildman–Crippen MR) is 85.7 cm³/mol. The Balaban J connectivity index is 2.20. The lowest BCUT2D eigenvalue weighted by Crippen LogP contribution is -2.39. The van der Waals surface area contributed by atoms with Crippen LogP contribution in [0.15, 0.2) is 48.5 Å². The van der Waals surface area contributed by atoms with Crippen molar-refractivity contribution in [3.8, 4) is 0 Å². The van der Waals surface area contributed by atoms with Crippen molar-refractivity contribution in [2.45, 2.75) is 19.6 Å². The molecule has 25 heavy (non-hydrogen) atoms. The molecule has 1 unspecified atom stereocenters. The molecule has 5 nitrogen and oxygen atoms in total. The van der Waals surface area contributed by atoms with Crippen molar-refractivity contribution >= 4 is 12.1 Å². The summed E-state index contributed by atoms with van der Waals surface area (Å²) in [7, 11) is 0. The third-order valence-electron chi connectivity index (χ3n) is 3.59. The zero-order valence-electron chi connectivity index (χ0n) is 13.5. The lowest BCUT2D eigenvalue weighted by Gasteiger charge is -2.27. The second kappa shape index (κ2) is 8.23.